The molecule has 0 radical (unpaired) electrons. The van der Waals surface area contributed by atoms with E-state index in [1.54, 1.807) is 9.75 Å². The predicted molar refractivity (Wildman–Crippen MR) is 172 cm³/mol. The van der Waals surface area contributed by atoms with E-state index in [2.05, 4.69) is 31.4 Å². The summed E-state index contributed by atoms with van der Waals surface area (Å²) in [5.41, 5.74) is 5.58. The fourth-order valence-corrected chi connectivity index (χ4v) is 5.11. The number of carbonyl (C=O) groups excluding carboxylic acids is 2. The Morgan fingerprint density at radius 3 is 2.23 bits per heavy atom. The number of hydroxylamine groups is 2. The van der Waals surface area contributed by atoms with Gasteiger partial charge in [-0.2, -0.15) is 5.10 Å². The number of anilines is 2. The second kappa shape index (κ2) is 13.8. The molecule has 0 aliphatic carbocycles. The van der Waals surface area contributed by atoms with Crippen LogP contribution in [-0.4, -0.2) is 40.1 Å². The maximum atomic E-state index is 13.0. The summed E-state index contributed by atoms with van der Waals surface area (Å²) in [5.74, 6) is 1.09. The van der Waals surface area contributed by atoms with Gasteiger partial charge in [0.05, 0.1) is 11.4 Å². The van der Waals surface area contributed by atoms with Crippen LogP contribution in [-0.2, 0) is 28.0 Å². The highest BCUT2D eigenvalue weighted by Crippen LogP contribution is 2.27. The zero-order valence-corrected chi connectivity index (χ0v) is 25.9. The molecule has 0 atom stereocenters. The van der Waals surface area contributed by atoms with Gasteiger partial charge in [0, 0.05) is 30.3 Å². The van der Waals surface area contributed by atoms with E-state index in [0.29, 0.717) is 30.5 Å². The lowest BCUT2D eigenvalue weighted by Crippen LogP contribution is -2.36. The number of carbonyl (C=O) groups is 2. The lowest BCUT2D eigenvalue weighted by molar-refractivity contribution is -0.144. The first-order valence-corrected chi connectivity index (χ1v) is 15.1. The largest absolute Gasteiger partial charge is 0.528 e. The molecule has 2 N–H and O–H groups in total. The summed E-state index contributed by atoms with van der Waals surface area (Å²) >= 11 is 0. The van der Waals surface area contributed by atoms with E-state index in [1.165, 1.54) is 5.56 Å². The highest BCUT2D eigenvalue weighted by Gasteiger charge is 2.24. The van der Waals surface area contributed by atoms with E-state index >= 15 is 0 Å². The number of hydrogen-bond acceptors (Lipinski definition) is 6. The number of aryl methyl sites for hydroxylation is 1. The van der Waals surface area contributed by atoms with Crippen molar-refractivity contribution in [1.82, 2.24) is 14.8 Å². The Balaban J connectivity index is 1.09. The molecule has 230 valence electrons. The summed E-state index contributed by atoms with van der Waals surface area (Å²) < 4.78 is 7.00. The summed E-state index contributed by atoms with van der Waals surface area (Å²) in [6, 6.07) is 27.1. The summed E-state index contributed by atoms with van der Waals surface area (Å²) in [4.78, 5) is 30.4. The molecule has 2 heterocycles. The lowest BCUT2D eigenvalue weighted by atomic mass is 9.91. The first kappa shape index (κ1) is 30.8. The molecule has 1 saturated heterocycles. The van der Waals surface area contributed by atoms with Crippen molar-refractivity contribution in [2.45, 2.75) is 59.0 Å². The molecular formula is C35H41N5O4. The third-order valence-corrected chi connectivity index (χ3v) is 7.71. The topological polar surface area (TPSA) is 97.7 Å². The van der Waals surface area contributed by atoms with Gasteiger partial charge in [-0.3, -0.25) is 5.32 Å². The Kier molecular flexibility index (Phi) is 9.65. The minimum absolute atomic E-state index is 0.170. The van der Waals surface area contributed by atoms with Crippen LogP contribution in [0.15, 0.2) is 84.9 Å². The number of nitrogens with zero attached hydrogens (tertiary/aromatic N) is 3. The van der Waals surface area contributed by atoms with Gasteiger partial charge in [0.2, 0.25) is 0 Å². The number of rotatable bonds is 8. The van der Waals surface area contributed by atoms with Crippen LogP contribution >= 0.6 is 0 Å². The molecule has 0 saturated carbocycles. The quantitative estimate of drug-likeness (QED) is 0.203. The number of piperidine rings is 1. The second-order valence-corrected chi connectivity index (χ2v) is 12.4. The molecule has 2 amide bonds. The number of benzene rings is 3. The molecule has 0 unspecified atom stereocenters. The average Bonchev–Trinajstić information content (AvgIpc) is 3.43. The molecule has 4 aromatic rings. The summed E-state index contributed by atoms with van der Waals surface area (Å²) in [5, 5.41) is 12.4. The van der Waals surface area contributed by atoms with Gasteiger partial charge in [0.15, 0.2) is 0 Å². The molecule has 1 aromatic heterocycles. The number of nitrogens with one attached hydrogen (secondary N) is 2. The van der Waals surface area contributed by atoms with Crippen LogP contribution in [0.3, 0.4) is 0 Å². The van der Waals surface area contributed by atoms with Gasteiger partial charge in [-0.05, 0) is 67.5 Å². The summed E-state index contributed by atoms with van der Waals surface area (Å²) in [7, 11) is 0. The highest BCUT2D eigenvalue weighted by atomic mass is 16.8. The molecule has 1 fully saturated rings. The minimum Gasteiger partial charge on any atom is -0.428 e. The second-order valence-electron chi connectivity index (χ2n) is 12.4. The summed E-state index contributed by atoms with van der Waals surface area (Å²) in [6.45, 7) is 9.86. The van der Waals surface area contributed by atoms with Crippen LogP contribution in [0.4, 0.5) is 21.1 Å². The molecule has 3 aromatic carbocycles. The predicted octanol–water partition coefficient (Wildman–Crippen LogP) is 7.65. The summed E-state index contributed by atoms with van der Waals surface area (Å²) in [6.07, 6.45) is 2.08. The molecule has 0 spiro atoms. The monoisotopic (exact) mass is 595 g/mol. The van der Waals surface area contributed by atoms with E-state index < -0.39 is 6.16 Å². The van der Waals surface area contributed by atoms with Crippen molar-refractivity contribution in [2.75, 3.05) is 23.7 Å². The molecule has 9 nitrogen and oxygen atoms in total. The van der Waals surface area contributed by atoms with E-state index in [4.69, 9.17) is 14.7 Å². The van der Waals surface area contributed by atoms with Crippen LogP contribution in [0.2, 0.25) is 0 Å². The van der Waals surface area contributed by atoms with Crippen LogP contribution < -0.4 is 10.6 Å². The van der Waals surface area contributed by atoms with Gasteiger partial charge in [-0.1, -0.05) is 80.9 Å². The SMILES string of the molecule is Cc1ccc(-n2nc(C(C)(C)C)cc2NC(=O)Nc2ccc(CC3CCN(OC(=O)OCc4ccccc4)CC3)cc2)cc1. The molecule has 1 aliphatic rings. The third-order valence-electron chi connectivity index (χ3n) is 7.71. The number of urea groups is 1. The van der Waals surface area contributed by atoms with Crippen molar-refractivity contribution in [2.24, 2.45) is 5.92 Å². The van der Waals surface area contributed by atoms with Crippen LogP contribution in [0.5, 0.6) is 0 Å². The standard InChI is InChI=1S/C35H41N5O4/c1-25-10-16-30(17-11-25)40-32(23-31(38-40)35(2,3)4)37-33(41)36-29-14-12-26(13-15-29)22-27-18-20-39(21-19-27)44-34(42)43-24-28-8-6-5-7-9-28/h5-17,23,27H,18-22,24H2,1-4H3,(H2,36,37,41). The number of hydrogen-bond donors (Lipinski definition) is 2. The van der Waals surface area contributed by atoms with Gasteiger partial charge in [0.25, 0.3) is 0 Å². The van der Waals surface area contributed by atoms with E-state index in [1.807, 2.05) is 91.9 Å². The van der Waals surface area contributed by atoms with Crippen LogP contribution in [0.25, 0.3) is 5.69 Å². The number of ether oxygens (including phenoxy) is 1. The Labute approximate surface area is 259 Å². The van der Waals surface area contributed by atoms with Gasteiger partial charge in [-0.25, -0.2) is 14.3 Å². The zero-order valence-electron chi connectivity index (χ0n) is 25.9. The molecule has 9 heteroatoms. The van der Waals surface area contributed by atoms with Crippen molar-refractivity contribution in [1.29, 1.82) is 0 Å². The van der Waals surface area contributed by atoms with Gasteiger partial charge < -0.3 is 14.9 Å². The van der Waals surface area contributed by atoms with Crippen molar-refractivity contribution in [3.8, 4) is 5.69 Å². The average molecular weight is 596 g/mol. The van der Waals surface area contributed by atoms with Gasteiger partial charge in [0.1, 0.15) is 12.4 Å². The van der Waals surface area contributed by atoms with Crippen molar-refractivity contribution in [3.05, 3.63) is 107 Å². The molecule has 44 heavy (non-hydrogen) atoms. The van der Waals surface area contributed by atoms with Crippen molar-refractivity contribution < 1.29 is 19.2 Å². The Bertz CT molecular complexity index is 1530. The first-order valence-electron chi connectivity index (χ1n) is 15.1. The molecule has 0 bridgehead atoms. The Hall–Kier alpha value is -4.63. The van der Waals surface area contributed by atoms with E-state index in [-0.39, 0.29) is 18.1 Å². The fraction of sp³-hybridized carbons (Fsp3) is 0.343. The van der Waals surface area contributed by atoms with E-state index in [9.17, 15) is 9.59 Å². The van der Waals surface area contributed by atoms with Crippen molar-refractivity contribution >= 4 is 23.7 Å². The Morgan fingerprint density at radius 1 is 0.886 bits per heavy atom. The normalized spacial score (nSPS) is 14.2. The third kappa shape index (κ3) is 8.48. The molecular weight excluding hydrogens is 554 g/mol. The van der Waals surface area contributed by atoms with Gasteiger partial charge >= 0.3 is 12.2 Å². The lowest BCUT2D eigenvalue weighted by Gasteiger charge is -2.30. The van der Waals surface area contributed by atoms with Crippen LogP contribution in [0.1, 0.15) is 56.0 Å². The van der Waals surface area contributed by atoms with Crippen LogP contribution in [0, 0.1) is 12.8 Å². The Morgan fingerprint density at radius 2 is 1.57 bits per heavy atom. The maximum absolute atomic E-state index is 13.0. The van der Waals surface area contributed by atoms with E-state index in [0.717, 1.165) is 41.8 Å². The van der Waals surface area contributed by atoms with Crippen molar-refractivity contribution in [3.63, 3.8) is 0 Å². The fourth-order valence-electron chi connectivity index (χ4n) is 5.11. The van der Waals surface area contributed by atoms with Gasteiger partial charge in [-0.15, -0.1) is 5.06 Å². The number of amides is 2. The first-order chi connectivity index (χ1) is 21.1. The highest BCUT2D eigenvalue weighted by molar-refractivity contribution is 5.99. The zero-order chi connectivity index (χ0) is 31.1. The molecule has 1 aliphatic heterocycles. The maximum Gasteiger partial charge on any atom is 0.528 e. The number of aromatic nitrogens is 2. The minimum atomic E-state index is -0.673. The smallest absolute Gasteiger partial charge is 0.428 e. The molecule has 5 rings (SSSR count).